The van der Waals surface area contributed by atoms with Crippen LogP contribution in [0.3, 0.4) is 0 Å². The summed E-state index contributed by atoms with van der Waals surface area (Å²) >= 11 is 0. The lowest BCUT2D eigenvalue weighted by Gasteiger charge is -2.09. The lowest BCUT2D eigenvalue weighted by molar-refractivity contribution is 0.661. The maximum atomic E-state index is 4.47. The molecule has 18 heavy (non-hydrogen) atoms. The summed E-state index contributed by atoms with van der Waals surface area (Å²) in [6, 6.07) is 10.5. The zero-order valence-corrected chi connectivity index (χ0v) is 11.2. The second kappa shape index (κ2) is 6.36. The van der Waals surface area contributed by atoms with E-state index >= 15 is 0 Å². The molecule has 0 aliphatic rings. The predicted molar refractivity (Wildman–Crippen MR) is 75.3 cm³/mol. The van der Waals surface area contributed by atoms with Crippen LogP contribution in [-0.2, 0) is 13.1 Å². The van der Waals surface area contributed by atoms with Gasteiger partial charge in [-0.1, -0.05) is 37.3 Å². The first-order chi connectivity index (χ1) is 8.86. The zero-order valence-electron chi connectivity index (χ0n) is 11.2. The van der Waals surface area contributed by atoms with Crippen molar-refractivity contribution in [2.24, 2.45) is 0 Å². The Morgan fingerprint density at radius 1 is 1.17 bits per heavy atom. The standard InChI is InChI=1S/C15H21N3/c1-3-10-16-11-14-12-17-18(4-2)15(14)13-8-6-5-7-9-13/h5-9,12,16H,3-4,10-11H2,1-2H3. The lowest BCUT2D eigenvalue weighted by atomic mass is 10.1. The monoisotopic (exact) mass is 243 g/mol. The van der Waals surface area contributed by atoms with E-state index in [1.54, 1.807) is 0 Å². The fraction of sp³-hybridized carbons (Fsp3) is 0.400. The molecular weight excluding hydrogens is 222 g/mol. The number of hydrogen-bond donors (Lipinski definition) is 1. The molecule has 0 amide bonds. The number of nitrogens with one attached hydrogen (secondary N) is 1. The summed E-state index contributed by atoms with van der Waals surface area (Å²) in [5.41, 5.74) is 3.75. The van der Waals surface area contributed by atoms with E-state index in [1.807, 2.05) is 12.3 Å². The molecule has 0 aliphatic carbocycles. The van der Waals surface area contributed by atoms with E-state index in [2.05, 4.69) is 53.2 Å². The van der Waals surface area contributed by atoms with E-state index in [4.69, 9.17) is 0 Å². The van der Waals surface area contributed by atoms with Crippen LogP contribution in [0.5, 0.6) is 0 Å². The molecule has 3 nitrogen and oxygen atoms in total. The van der Waals surface area contributed by atoms with Gasteiger partial charge in [-0.05, 0) is 19.9 Å². The number of nitrogens with zero attached hydrogens (tertiary/aromatic N) is 2. The van der Waals surface area contributed by atoms with Crippen LogP contribution in [0.25, 0.3) is 11.3 Å². The molecule has 2 rings (SSSR count). The number of aromatic nitrogens is 2. The highest BCUT2D eigenvalue weighted by molar-refractivity contribution is 5.63. The molecule has 0 fully saturated rings. The topological polar surface area (TPSA) is 29.9 Å². The Labute approximate surface area is 109 Å². The Balaban J connectivity index is 2.28. The lowest BCUT2D eigenvalue weighted by Crippen LogP contribution is -2.14. The summed E-state index contributed by atoms with van der Waals surface area (Å²) in [4.78, 5) is 0. The molecule has 96 valence electrons. The highest BCUT2D eigenvalue weighted by Gasteiger charge is 2.11. The van der Waals surface area contributed by atoms with Gasteiger partial charge in [-0.2, -0.15) is 5.10 Å². The molecule has 0 radical (unpaired) electrons. The first-order valence-electron chi connectivity index (χ1n) is 6.67. The molecule has 0 spiro atoms. The molecular formula is C15H21N3. The van der Waals surface area contributed by atoms with E-state index < -0.39 is 0 Å². The van der Waals surface area contributed by atoms with Gasteiger partial charge in [-0.3, -0.25) is 4.68 Å². The van der Waals surface area contributed by atoms with E-state index in [1.165, 1.54) is 16.8 Å². The second-order valence-electron chi connectivity index (χ2n) is 4.38. The van der Waals surface area contributed by atoms with Gasteiger partial charge in [0, 0.05) is 24.2 Å². The summed E-state index contributed by atoms with van der Waals surface area (Å²) in [5.74, 6) is 0. The van der Waals surface area contributed by atoms with Crippen LogP contribution < -0.4 is 5.32 Å². The molecule has 1 aromatic heterocycles. The van der Waals surface area contributed by atoms with E-state index in [9.17, 15) is 0 Å². The third-order valence-corrected chi connectivity index (χ3v) is 3.00. The van der Waals surface area contributed by atoms with Crippen molar-refractivity contribution in [1.29, 1.82) is 0 Å². The predicted octanol–water partition coefficient (Wildman–Crippen LogP) is 3.07. The molecule has 0 bridgehead atoms. The van der Waals surface area contributed by atoms with Crippen molar-refractivity contribution in [3.05, 3.63) is 42.1 Å². The van der Waals surface area contributed by atoms with Gasteiger partial charge in [0.2, 0.25) is 0 Å². The molecule has 0 aliphatic heterocycles. The van der Waals surface area contributed by atoms with Gasteiger partial charge in [-0.15, -0.1) is 0 Å². The number of aryl methyl sites for hydroxylation is 1. The molecule has 2 aromatic rings. The summed E-state index contributed by atoms with van der Waals surface area (Å²) < 4.78 is 2.07. The summed E-state index contributed by atoms with van der Waals surface area (Å²) in [7, 11) is 0. The van der Waals surface area contributed by atoms with Crippen LogP contribution in [0.4, 0.5) is 0 Å². The number of hydrogen-bond acceptors (Lipinski definition) is 2. The van der Waals surface area contributed by atoms with Crippen molar-refractivity contribution in [1.82, 2.24) is 15.1 Å². The molecule has 0 unspecified atom stereocenters. The van der Waals surface area contributed by atoms with Crippen LogP contribution >= 0.6 is 0 Å². The van der Waals surface area contributed by atoms with Gasteiger partial charge in [0.1, 0.15) is 0 Å². The van der Waals surface area contributed by atoms with Gasteiger partial charge < -0.3 is 5.32 Å². The first kappa shape index (κ1) is 12.8. The van der Waals surface area contributed by atoms with Gasteiger partial charge >= 0.3 is 0 Å². The molecule has 1 N–H and O–H groups in total. The Morgan fingerprint density at radius 3 is 2.61 bits per heavy atom. The Bertz CT molecular complexity index is 474. The Morgan fingerprint density at radius 2 is 1.94 bits per heavy atom. The van der Waals surface area contributed by atoms with E-state index in [0.717, 1.165) is 26.1 Å². The maximum Gasteiger partial charge on any atom is 0.0727 e. The van der Waals surface area contributed by atoms with E-state index in [-0.39, 0.29) is 0 Å². The minimum atomic E-state index is 0.887. The normalized spacial score (nSPS) is 10.8. The van der Waals surface area contributed by atoms with Crippen molar-refractivity contribution in [3.63, 3.8) is 0 Å². The minimum Gasteiger partial charge on any atom is -0.313 e. The Kier molecular flexibility index (Phi) is 4.53. The zero-order chi connectivity index (χ0) is 12.8. The molecule has 1 heterocycles. The molecule has 0 atom stereocenters. The van der Waals surface area contributed by atoms with Gasteiger partial charge in [0.25, 0.3) is 0 Å². The van der Waals surface area contributed by atoms with Gasteiger partial charge in [0.05, 0.1) is 11.9 Å². The maximum absolute atomic E-state index is 4.47. The smallest absolute Gasteiger partial charge is 0.0727 e. The first-order valence-corrected chi connectivity index (χ1v) is 6.67. The fourth-order valence-corrected chi connectivity index (χ4v) is 2.12. The fourth-order valence-electron chi connectivity index (χ4n) is 2.12. The summed E-state index contributed by atoms with van der Waals surface area (Å²) in [6.45, 7) is 7.14. The average molecular weight is 243 g/mol. The van der Waals surface area contributed by atoms with Crippen molar-refractivity contribution in [2.75, 3.05) is 6.54 Å². The largest absolute Gasteiger partial charge is 0.313 e. The SMILES string of the molecule is CCCNCc1cnn(CC)c1-c1ccccc1. The van der Waals surface area contributed by atoms with Gasteiger partial charge in [0.15, 0.2) is 0 Å². The van der Waals surface area contributed by atoms with Crippen LogP contribution in [0, 0.1) is 0 Å². The number of benzene rings is 1. The van der Waals surface area contributed by atoms with Crippen LogP contribution in [0.1, 0.15) is 25.8 Å². The summed E-state index contributed by atoms with van der Waals surface area (Å²) in [6.07, 6.45) is 3.14. The molecule has 3 heteroatoms. The average Bonchev–Trinajstić information content (AvgIpc) is 2.83. The number of rotatable bonds is 6. The molecule has 1 aromatic carbocycles. The van der Waals surface area contributed by atoms with Crippen LogP contribution in [-0.4, -0.2) is 16.3 Å². The van der Waals surface area contributed by atoms with Crippen molar-refractivity contribution >= 4 is 0 Å². The highest BCUT2D eigenvalue weighted by Crippen LogP contribution is 2.23. The van der Waals surface area contributed by atoms with Crippen molar-refractivity contribution in [2.45, 2.75) is 33.4 Å². The van der Waals surface area contributed by atoms with Crippen molar-refractivity contribution in [3.8, 4) is 11.3 Å². The summed E-state index contributed by atoms with van der Waals surface area (Å²) in [5, 5.41) is 7.91. The Hall–Kier alpha value is -1.61. The molecule has 0 saturated carbocycles. The third kappa shape index (κ3) is 2.79. The van der Waals surface area contributed by atoms with Crippen molar-refractivity contribution < 1.29 is 0 Å². The van der Waals surface area contributed by atoms with Gasteiger partial charge in [-0.25, -0.2) is 0 Å². The minimum absolute atomic E-state index is 0.887. The van der Waals surface area contributed by atoms with E-state index in [0.29, 0.717) is 0 Å². The third-order valence-electron chi connectivity index (χ3n) is 3.00. The van der Waals surface area contributed by atoms with Crippen LogP contribution in [0.2, 0.25) is 0 Å². The highest BCUT2D eigenvalue weighted by atomic mass is 15.3. The molecule has 0 saturated heterocycles. The van der Waals surface area contributed by atoms with Crippen LogP contribution in [0.15, 0.2) is 36.5 Å². The second-order valence-corrected chi connectivity index (χ2v) is 4.38. The quantitative estimate of drug-likeness (QED) is 0.790.